The van der Waals surface area contributed by atoms with Gasteiger partial charge in [0, 0.05) is 23.7 Å². The van der Waals surface area contributed by atoms with Crippen molar-refractivity contribution in [1.29, 1.82) is 0 Å². The molecule has 0 aliphatic carbocycles. The maximum atomic E-state index is 14.5. The molecule has 0 aromatic heterocycles. The van der Waals surface area contributed by atoms with E-state index in [2.05, 4.69) is 116 Å². The highest BCUT2D eigenvalue weighted by Gasteiger charge is 2.35. The lowest BCUT2D eigenvalue weighted by atomic mass is 9.85. The molecule has 2 atom stereocenters. The van der Waals surface area contributed by atoms with Crippen LogP contribution in [-0.2, 0) is 31.1 Å². The topological polar surface area (TPSA) is 21.3 Å². The lowest BCUT2D eigenvalue weighted by molar-refractivity contribution is 0.295. The Labute approximate surface area is 270 Å². The smallest absolute Gasteiger partial charge is 0.127 e. The third kappa shape index (κ3) is 8.48. The Kier molecular flexibility index (Phi) is 11.6. The summed E-state index contributed by atoms with van der Waals surface area (Å²) in [7, 11) is 2.39. The van der Waals surface area contributed by atoms with Gasteiger partial charge < -0.3 is 10.1 Å². The Hall–Kier alpha value is -3.78. The van der Waals surface area contributed by atoms with E-state index in [1.54, 1.807) is 12.1 Å². The molecular weight excluding hydrogens is 572 g/mol. The quantitative estimate of drug-likeness (QED) is 0.118. The minimum atomic E-state index is -0.187. The zero-order chi connectivity index (χ0) is 31.5. The van der Waals surface area contributed by atoms with Gasteiger partial charge in [0.1, 0.15) is 18.2 Å². The van der Waals surface area contributed by atoms with Crippen LogP contribution in [0.4, 0.5) is 4.39 Å². The van der Waals surface area contributed by atoms with E-state index < -0.39 is 0 Å². The molecule has 2 unspecified atom stereocenters. The van der Waals surface area contributed by atoms with E-state index >= 15 is 0 Å². The number of nitrogens with one attached hydrogen (secondary N) is 1. The number of benzene rings is 5. The molecule has 4 heteroatoms. The van der Waals surface area contributed by atoms with E-state index in [4.69, 9.17) is 4.74 Å². The predicted octanol–water partition coefficient (Wildman–Crippen LogP) is 9.72. The van der Waals surface area contributed by atoms with Crippen LogP contribution in [0.5, 0.6) is 5.75 Å². The number of hydrogen-bond donors (Lipinski definition) is 1. The summed E-state index contributed by atoms with van der Waals surface area (Å²) >= 11 is 0. The summed E-state index contributed by atoms with van der Waals surface area (Å²) in [5.41, 5.74) is 8.53. The summed E-state index contributed by atoms with van der Waals surface area (Å²) in [6, 6.07) is 42.0. The van der Waals surface area contributed by atoms with Gasteiger partial charge in [0.2, 0.25) is 0 Å². The molecule has 5 rings (SSSR count). The third-order valence-electron chi connectivity index (χ3n) is 8.54. The van der Waals surface area contributed by atoms with Crippen LogP contribution in [0.3, 0.4) is 0 Å². The van der Waals surface area contributed by atoms with Crippen molar-refractivity contribution in [3.05, 3.63) is 166 Å². The number of halogens is 1. The number of rotatable bonds is 15. The maximum absolute atomic E-state index is 14.5. The molecular formula is C41H45FNOP. The first-order valence-electron chi connectivity index (χ1n) is 16.2. The second kappa shape index (κ2) is 16.0. The Bertz CT molecular complexity index is 1640. The van der Waals surface area contributed by atoms with E-state index in [9.17, 15) is 4.39 Å². The minimum absolute atomic E-state index is 0.167. The Morgan fingerprint density at radius 2 is 1.31 bits per heavy atom. The van der Waals surface area contributed by atoms with Crippen molar-refractivity contribution in [3.8, 4) is 5.75 Å². The lowest BCUT2D eigenvalue weighted by Crippen LogP contribution is -2.26. The third-order valence-corrected chi connectivity index (χ3v) is 10.7. The van der Waals surface area contributed by atoms with Crippen LogP contribution in [0, 0.1) is 5.82 Å². The van der Waals surface area contributed by atoms with Gasteiger partial charge in [0.05, 0.1) is 0 Å². The van der Waals surface area contributed by atoms with Crippen LogP contribution in [0.1, 0.15) is 72.1 Å². The second-order valence-corrected chi connectivity index (χ2v) is 13.6. The molecule has 0 spiro atoms. The molecule has 5 aromatic carbocycles. The van der Waals surface area contributed by atoms with Gasteiger partial charge in [-0.1, -0.05) is 138 Å². The molecule has 232 valence electrons. The molecule has 5 aromatic rings. The molecule has 2 nitrogen and oxygen atoms in total. The average molecular weight is 618 g/mol. The Morgan fingerprint density at radius 3 is 1.91 bits per heavy atom. The molecule has 0 aliphatic heterocycles. The Morgan fingerprint density at radius 1 is 0.689 bits per heavy atom. The van der Waals surface area contributed by atoms with E-state index in [-0.39, 0.29) is 11.0 Å². The number of ether oxygens (including phenoxy) is 1. The molecule has 0 radical (unpaired) electrons. The zero-order valence-corrected chi connectivity index (χ0v) is 27.8. The first-order chi connectivity index (χ1) is 22.0. The second-order valence-electron chi connectivity index (χ2n) is 11.9. The van der Waals surface area contributed by atoms with E-state index in [1.807, 2.05) is 19.2 Å². The normalized spacial score (nSPS) is 12.8. The van der Waals surface area contributed by atoms with Crippen molar-refractivity contribution in [2.75, 3.05) is 7.05 Å². The van der Waals surface area contributed by atoms with Crippen molar-refractivity contribution in [1.82, 2.24) is 5.32 Å². The predicted molar refractivity (Wildman–Crippen MR) is 190 cm³/mol. The molecule has 0 saturated carbocycles. The fourth-order valence-electron chi connectivity index (χ4n) is 6.32. The summed E-state index contributed by atoms with van der Waals surface area (Å²) in [6.07, 6.45) is 4.65. The van der Waals surface area contributed by atoms with Crippen molar-refractivity contribution < 1.29 is 9.13 Å². The molecule has 0 bridgehead atoms. The molecule has 0 amide bonds. The molecule has 0 heterocycles. The summed E-state index contributed by atoms with van der Waals surface area (Å²) in [6.45, 7) is 5.73. The number of hydrogen-bond acceptors (Lipinski definition) is 2. The van der Waals surface area contributed by atoms with Gasteiger partial charge in [-0.2, -0.15) is 0 Å². The van der Waals surface area contributed by atoms with Gasteiger partial charge >= 0.3 is 0 Å². The fourth-order valence-corrected chi connectivity index (χ4v) is 8.19. The zero-order valence-electron chi connectivity index (χ0n) is 26.8. The van der Waals surface area contributed by atoms with Crippen molar-refractivity contribution in [2.45, 2.75) is 64.3 Å². The molecule has 0 aliphatic rings. The average Bonchev–Trinajstić information content (AvgIpc) is 3.06. The Balaban J connectivity index is 1.70. The summed E-state index contributed by atoms with van der Waals surface area (Å²) in [5, 5.41) is 4.31. The van der Waals surface area contributed by atoms with Gasteiger partial charge in [0.25, 0.3) is 0 Å². The molecule has 45 heavy (non-hydrogen) atoms. The standard InChI is InChI=1S/C41H45FNOP/c1-4-23-41(5-2,45-39-22-21-37(42)28-36(39)29-43-3)38-27-34(24-31-15-9-6-10-16-31)26-35(25-32-17-11-7-12-18-32)40(38)44-30-33-19-13-8-14-20-33/h6-22,26-28,43,45H,4-5,23-25,29-30H2,1-3H3. The summed E-state index contributed by atoms with van der Waals surface area (Å²) in [4.78, 5) is 0. The van der Waals surface area contributed by atoms with Gasteiger partial charge in [0.15, 0.2) is 0 Å². The highest BCUT2D eigenvalue weighted by atomic mass is 31.1. The van der Waals surface area contributed by atoms with Crippen molar-refractivity contribution in [3.63, 3.8) is 0 Å². The summed E-state index contributed by atoms with van der Waals surface area (Å²) < 4.78 is 21.4. The van der Waals surface area contributed by atoms with Crippen LogP contribution in [-0.4, -0.2) is 7.05 Å². The fraction of sp³-hybridized carbons (Fsp3) is 0.268. The maximum Gasteiger partial charge on any atom is 0.127 e. The first kappa shape index (κ1) is 32.6. The van der Waals surface area contributed by atoms with Crippen LogP contribution in [0.15, 0.2) is 121 Å². The van der Waals surface area contributed by atoms with Gasteiger partial charge in [-0.25, -0.2) is 4.39 Å². The monoisotopic (exact) mass is 617 g/mol. The summed E-state index contributed by atoms with van der Waals surface area (Å²) in [5.74, 6) is 0.813. The minimum Gasteiger partial charge on any atom is -0.488 e. The highest BCUT2D eigenvalue weighted by Crippen LogP contribution is 2.52. The molecule has 0 saturated heterocycles. The van der Waals surface area contributed by atoms with Crippen LogP contribution in [0.25, 0.3) is 0 Å². The van der Waals surface area contributed by atoms with Crippen LogP contribution >= 0.6 is 8.58 Å². The van der Waals surface area contributed by atoms with Crippen molar-refractivity contribution >= 4 is 13.9 Å². The first-order valence-corrected chi connectivity index (χ1v) is 17.2. The van der Waals surface area contributed by atoms with Crippen LogP contribution in [0.2, 0.25) is 0 Å². The highest BCUT2D eigenvalue weighted by molar-refractivity contribution is 7.48. The largest absolute Gasteiger partial charge is 0.488 e. The SMILES string of the molecule is CCCC(CC)(Pc1ccc(F)cc1CNC)c1cc(Cc2ccccc2)cc(Cc2ccccc2)c1OCc1ccccc1. The van der Waals surface area contributed by atoms with E-state index in [0.29, 0.717) is 21.7 Å². The molecule has 1 N–H and O–H groups in total. The van der Waals surface area contributed by atoms with Gasteiger partial charge in [-0.3, -0.25) is 0 Å². The van der Waals surface area contributed by atoms with Gasteiger partial charge in [-0.05, 0) is 77.1 Å². The van der Waals surface area contributed by atoms with Crippen molar-refractivity contribution in [2.24, 2.45) is 0 Å². The molecule has 0 fully saturated rings. The van der Waals surface area contributed by atoms with E-state index in [1.165, 1.54) is 33.1 Å². The van der Waals surface area contributed by atoms with Crippen LogP contribution < -0.4 is 15.4 Å². The van der Waals surface area contributed by atoms with E-state index in [0.717, 1.165) is 49.0 Å². The van der Waals surface area contributed by atoms with Gasteiger partial charge in [-0.15, -0.1) is 0 Å². The lowest BCUT2D eigenvalue weighted by Gasteiger charge is -2.37.